The van der Waals surface area contributed by atoms with Gasteiger partial charge >= 0.3 is 5.76 Å². The van der Waals surface area contributed by atoms with Crippen molar-refractivity contribution in [2.75, 3.05) is 16.0 Å². The summed E-state index contributed by atoms with van der Waals surface area (Å²) in [5, 5.41) is 8.86. The third kappa shape index (κ3) is 3.30. The van der Waals surface area contributed by atoms with Crippen molar-refractivity contribution in [3.63, 3.8) is 0 Å². The zero-order chi connectivity index (χ0) is 20.7. The number of para-hydroxylation sites is 2. The van der Waals surface area contributed by atoms with E-state index in [1.807, 2.05) is 19.1 Å². The number of benzene rings is 2. The molecule has 1 unspecified atom stereocenters. The van der Waals surface area contributed by atoms with Crippen LogP contribution < -0.4 is 26.4 Å². The highest BCUT2D eigenvalue weighted by atomic mass is 16.5. The molecule has 1 aliphatic rings. The van der Waals surface area contributed by atoms with Crippen molar-refractivity contribution in [3.05, 3.63) is 64.8 Å². The maximum Gasteiger partial charge on any atom is 0.417 e. The van der Waals surface area contributed by atoms with Gasteiger partial charge in [0.05, 0.1) is 11.2 Å². The second kappa shape index (κ2) is 6.92. The number of nitrogens with zero attached hydrogens (tertiary/aromatic N) is 2. The lowest BCUT2D eigenvalue weighted by Crippen LogP contribution is -2.43. The average molecular weight is 404 g/mol. The number of ether oxygens (including phenoxy) is 1. The molecule has 1 amide bonds. The smallest absolute Gasteiger partial charge is 0.417 e. The number of carbonyl (C=O) groups is 1. The summed E-state index contributed by atoms with van der Waals surface area (Å²) in [7, 11) is 0. The van der Waals surface area contributed by atoms with Crippen LogP contribution in [0.25, 0.3) is 11.1 Å². The van der Waals surface area contributed by atoms with Gasteiger partial charge in [-0.15, -0.1) is 0 Å². The SMILES string of the molecule is Cc1cnc(NC2Oc3ccccc3NC2=O)nc1Nc1ccc2oc(=O)[nH]c2c1. The van der Waals surface area contributed by atoms with Gasteiger partial charge in [0.15, 0.2) is 5.58 Å². The Hall–Kier alpha value is -4.34. The number of oxazole rings is 1. The number of fused-ring (bicyclic) bond motifs is 2. The van der Waals surface area contributed by atoms with Crippen molar-refractivity contribution in [2.45, 2.75) is 13.2 Å². The van der Waals surface area contributed by atoms with Crippen molar-refractivity contribution < 1.29 is 13.9 Å². The number of anilines is 4. The Balaban J connectivity index is 1.38. The highest BCUT2D eigenvalue weighted by molar-refractivity contribution is 5.98. The minimum atomic E-state index is -0.970. The van der Waals surface area contributed by atoms with E-state index in [0.29, 0.717) is 34.0 Å². The number of aromatic amines is 1. The first-order valence-electron chi connectivity index (χ1n) is 9.12. The fourth-order valence-corrected chi connectivity index (χ4v) is 3.07. The predicted molar refractivity (Wildman–Crippen MR) is 110 cm³/mol. The van der Waals surface area contributed by atoms with E-state index < -0.39 is 12.0 Å². The van der Waals surface area contributed by atoms with Crippen LogP contribution in [0.2, 0.25) is 0 Å². The first-order chi connectivity index (χ1) is 14.5. The minimum Gasteiger partial charge on any atom is -0.459 e. The molecule has 0 saturated carbocycles. The van der Waals surface area contributed by atoms with Gasteiger partial charge in [-0.2, -0.15) is 4.98 Å². The first kappa shape index (κ1) is 17.7. The zero-order valence-electron chi connectivity index (χ0n) is 15.7. The van der Waals surface area contributed by atoms with Gasteiger partial charge in [-0.05, 0) is 37.3 Å². The Morgan fingerprint density at radius 2 is 2.00 bits per heavy atom. The topological polar surface area (TPSA) is 134 Å². The average Bonchev–Trinajstić information content (AvgIpc) is 3.10. The van der Waals surface area contributed by atoms with Gasteiger partial charge in [0.2, 0.25) is 5.95 Å². The fourth-order valence-electron chi connectivity index (χ4n) is 3.07. The van der Waals surface area contributed by atoms with Crippen LogP contribution in [-0.4, -0.2) is 27.1 Å². The van der Waals surface area contributed by atoms with E-state index in [4.69, 9.17) is 9.15 Å². The minimum absolute atomic E-state index is 0.223. The molecule has 1 atom stereocenters. The number of rotatable bonds is 4. The largest absolute Gasteiger partial charge is 0.459 e. The van der Waals surface area contributed by atoms with E-state index in [1.54, 1.807) is 36.5 Å². The molecule has 5 rings (SSSR count). The molecular formula is C20H16N6O4. The number of nitrogens with one attached hydrogen (secondary N) is 4. The lowest BCUT2D eigenvalue weighted by atomic mass is 10.2. The normalized spacial score (nSPS) is 15.2. The van der Waals surface area contributed by atoms with E-state index in [1.165, 1.54) is 0 Å². The van der Waals surface area contributed by atoms with Crippen LogP contribution in [-0.2, 0) is 4.79 Å². The van der Waals surface area contributed by atoms with Crippen molar-refractivity contribution in [3.8, 4) is 5.75 Å². The maximum atomic E-state index is 12.3. The number of carbonyl (C=O) groups excluding carboxylic acids is 1. The second-order valence-corrected chi connectivity index (χ2v) is 6.70. The lowest BCUT2D eigenvalue weighted by molar-refractivity contribution is -0.122. The van der Waals surface area contributed by atoms with Crippen LogP contribution in [0.5, 0.6) is 5.75 Å². The Morgan fingerprint density at radius 3 is 2.90 bits per heavy atom. The number of aromatic nitrogens is 3. The van der Waals surface area contributed by atoms with Crippen molar-refractivity contribution in [2.24, 2.45) is 0 Å². The van der Waals surface area contributed by atoms with Crippen LogP contribution in [0.4, 0.5) is 23.1 Å². The van der Waals surface area contributed by atoms with Gasteiger partial charge in [-0.1, -0.05) is 12.1 Å². The van der Waals surface area contributed by atoms with Gasteiger partial charge in [0.1, 0.15) is 11.6 Å². The molecule has 4 aromatic rings. The number of hydrogen-bond donors (Lipinski definition) is 4. The molecule has 10 nitrogen and oxygen atoms in total. The molecule has 3 heterocycles. The van der Waals surface area contributed by atoms with Crippen molar-refractivity contribution >= 4 is 40.1 Å². The van der Waals surface area contributed by atoms with Crippen LogP contribution in [0.1, 0.15) is 5.56 Å². The fraction of sp³-hybridized carbons (Fsp3) is 0.100. The molecule has 10 heteroatoms. The summed E-state index contributed by atoms with van der Waals surface area (Å²) in [4.78, 5) is 34.9. The Labute approximate surface area is 169 Å². The molecule has 0 spiro atoms. The molecule has 2 aromatic carbocycles. The zero-order valence-corrected chi connectivity index (χ0v) is 15.7. The van der Waals surface area contributed by atoms with Gasteiger partial charge in [-0.3, -0.25) is 9.78 Å². The molecule has 0 saturated heterocycles. The number of hydrogen-bond acceptors (Lipinski definition) is 8. The highest BCUT2D eigenvalue weighted by Gasteiger charge is 2.28. The summed E-state index contributed by atoms with van der Waals surface area (Å²) in [5.41, 5.74) is 3.14. The van der Waals surface area contributed by atoms with E-state index in [-0.39, 0.29) is 11.9 Å². The van der Waals surface area contributed by atoms with Crippen LogP contribution in [0, 0.1) is 6.92 Å². The van der Waals surface area contributed by atoms with E-state index in [9.17, 15) is 9.59 Å². The third-order valence-electron chi connectivity index (χ3n) is 4.54. The summed E-state index contributed by atoms with van der Waals surface area (Å²) < 4.78 is 10.7. The summed E-state index contributed by atoms with van der Waals surface area (Å²) in [6.07, 6.45) is 0.660. The molecule has 150 valence electrons. The van der Waals surface area contributed by atoms with Gasteiger partial charge in [0, 0.05) is 17.4 Å². The Kier molecular flexibility index (Phi) is 4.09. The maximum absolute atomic E-state index is 12.3. The Morgan fingerprint density at radius 1 is 1.13 bits per heavy atom. The van der Waals surface area contributed by atoms with Crippen LogP contribution in [0.3, 0.4) is 0 Å². The first-order valence-corrected chi connectivity index (χ1v) is 9.12. The Bertz CT molecular complexity index is 1330. The highest BCUT2D eigenvalue weighted by Crippen LogP contribution is 2.29. The lowest BCUT2D eigenvalue weighted by Gasteiger charge is -2.26. The van der Waals surface area contributed by atoms with Gasteiger partial charge < -0.3 is 25.1 Å². The number of amides is 1. The molecule has 4 N–H and O–H groups in total. The molecule has 0 radical (unpaired) electrons. The summed E-state index contributed by atoms with van der Waals surface area (Å²) in [6.45, 7) is 1.85. The van der Waals surface area contributed by atoms with Crippen molar-refractivity contribution in [1.82, 2.24) is 15.0 Å². The van der Waals surface area contributed by atoms with Gasteiger partial charge in [0.25, 0.3) is 12.1 Å². The quantitative estimate of drug-likeness (QED) is 0.408. The van der Waals surface area contributed by atoms with Gasteiger partial charge in [-0.25, -0.2) is 9.78 Å². The molecule has 0 fully saturated rings. The van der Waals surface area contributed by atoms with Crippen LogP contribution in [0.15, 0.2) is 57.9 Å². The standard InChI is InChI=1S/C20H16N6O4/c1-10-9-21-19(26-18-17(27)23-12-4-2-3-5-14(12)29-18)25-16(10)22-11-6-7-15-13(8-11)24-20(28)30-15/h2-9,18H,1H3,(H,23,27)(H,24,28)(H2,21,22,25,26). The molecule has 0 aliphatic carbocycles. The number of aryl methyl sites for hydroxylation is 1. The summed E-state index contributed by atoms with van der Waals surface area (Å²) in [6, 6.07) is 12.4. The van der Waals surface area contributed by atoms with E-state index >= 15 is 0 Å². The van der Waals surface area contributed by atoms with Crippen molar-refractivity contribution in [1.29, 1.82) is 0 Å². The molecular weight excluding hydrogens is 388 g/mol. The monoisotopic (exact) mass is 404 g/mol. The van der Waals surface area contributed by atoms with E-state index in [2.05, 4.69) is 30.9 Å². The second-order valence-electron chi connectivity index (χ2n) is 6.70. The third-order valence-corrected chi connectivity index (χ3v) is 4.54. The summed E-state index contributed by atoms with van der Waals surface area (Å²) in [5.74, 6) is 0.457. The predicted octanol–water partition coefficient (Wildman–Crippen LogP) is 2.73. The molecule has 2 aromatic heterocycles. The van der Waals surface area contributed by atoms with E-state index in [0.717, 1.165) is 5.56 Å². The number of H-pyrrole nitrogens is 1. The molecule has 0 bridgehead atoms. The van der Waals surface area contributed by atoms with Crippen LogP contribution >= 0.6 is 0 Å². The molecule has 1 aliphatic heterocycles. The molecule has 30 heavy (non-hydrogen) atoms. The summed E-state index contributed by atoms with van der Waals surface area (Å²) >= 11 is 0.